The predicted molar refractivity (Wildman–Crippen MR) is 153 cm³/mol. The van der Waals surface area contributed by atoms with E-state index in [0.29, 0.717) is 21.6 Å². The van der Waals surface area contributed by atoms with E-state index in [-0.39, 0.29) is 23.3 Å². The van der Waals surface area contributed by atoms with Gasteiger partial charge in [-0.3, -0.25) is 9.59 Å². The minimum atomic E-state index is -0.187. The maximum Gasteiger partial charge on any atom is 0.250 e. The molecule has 0 aliphatic rings. The van der Waals surface area contributed by atoms with E-state index in [4.69, 9.17) is 23.2 Å². The first kappa shape index (κ1) is 27.8. The zero-order chi connectivity index (χ0) is 25.6. The van der Waals surface area contributed by atoms with Gasteiger partial charge in [0, 0.05) is 21.6 Å². The number of carbonyl (C=O) groups is 2. The molecule has 0 unspecified atom stereocenters. The van der Waals surface area contributed by atoms with Crippen LogP contribution in [0.25, 0.3) is 0 Å². The third-order valence-electron chi connectivity index (χ3n) is 4.64. The Morgan fingerprint density at radius 3 is 1.44 bits per heavy atom. The third kappa shape index (κ3) is 10.1. The summed E-state index contributed by atoms with van der Waals surface area (Å²) in [6, 6.07) is 22.5. The average Bonchev–Trinajstić information content (AvgIpc) is 2.87. The van der Waals surface area contributed by atoms with Crippen LogP contribution in [0.3, 0.4) is 0 Å². The molecule has 3 rings (SSSR count). The maximum absolute atomic E-state index is 12.0. The van der Waals surface area contributed by atoms with Gasteiger partial charge in [-0.25, -0.2) is 10.9 Å². The number of thioether (sulfide) groups is 2. The van der Waals surface area contributed by atoms with E-state index in [2.05, 4.69) is 21.1 Å². The summed E-state index contributed by atoms with van der Waals surface area (Å²) in [6.45, 7) is 0. The molecule has 36 heavy (non-hydrogen) atoms. The van der Waals surface area contributed by atoms with E-state index >= 15 is 0 Å². The minimum absolute atomic E-state index is 0.187. The highest BCUT2D eigenvalue weighted by atomic mass is 35.5. The van der Waals surface area contributed by atoms with Crippen LogP contribution in [0.2, 0.25) is 10.0 Å². The van der Waals surface area contributed by atoms with Gasteiger partial charge in [0.15, 0.2) is 0 Å². The molecule has 0 atom stereocenters. The fourth-order valence-electron chi connectivity index (χ4n) is 2.83. The molecule has 186 valence electrons. The summed E-state index contributed by atoms with van der Waals surface area (Å²) in [5.74, 6) is 1.49. The first-order valence-corrected chi connectivity index (χ1v) is 13.9. The van der Waals surface area contributed by atoms with Crippen molar-refractivity contribution in [1.82, 2.24) is 10.9 Å². The van der Waals surface area contributed by atoms with Crippen molar-refractivity contribution in [2.45, 2.75) is 11.5 Å². The van der Waals surface area contributed by atoms with Gasteiger partial charge >= 0.3 is 0 Å². The molecule has 0 saturated heterocycles. The Hall–Kier alpha value is -2.78. The topological polar surface area (TPSA) is 82.9 Å². The molecule has 2 N–H and O–H groups in total. The van der Waals surface area contributed by atoms with Crippen LogP contribution in [0, 0.1) is 0 Å². The van der Waals surface area contributed by atoms with Gasteiger partial charge in [0.1, 0.15) is 0 Å². The molecule has 6 nitrogen and oxygen atoms in total. The first-order valence-electron chi connectivity index (χ1n) is 10.9. The zero-order valence-corrected chi connectivity index (χ0v) is 22.3. The van der Waals surface area contributed by atoms with Crippen LogP contribution in [0.1, 0.15) is 22.3 Å². The quantitative estimate of drug-likeness (QED) is 0.218. The molecule has 0 aliphatic carbocycles. The SMILES string of the molecule is O=C(CSCc1ccccc1Cl)NN=Cc1ccc(C=NNC(=O)CSCc2ccccc2Cl)cc1. The normalized spacial score (nSPS) is 11.2. The summed E-state index contributed by atoms with van der Waals surface area (Å²) < 4.78 is 0. The second-order valence-corrected chi connectivity index (χ2v) is 10.2. The number of nitrogens with one attached hydrogen (secondary N) is 2. The molecule has 0 radical (unpaired) electrons. The lowest BCUT2D eigenvalue weighted by molar-refractivity contribution is -0.119. The Kier molecular flexibility index (Phi) is 11.9. The van der Waals surface area contributed by atoms with Crippen LogP contribution in [0.4, 0.5) is 0 Å². The lowest BCUT2D eigenvalue weighted by Crippen LogP contribution is -2.19. The molecule has 0 bridgehead atoms. The van der Waals surface area contributed by atoms with Crippen LogP contribution in [-0.4, -0.2) is 35.7 Å². The molecule has 3 aromatic carbocycles. The van der Waals surface area contributed by atoms with Crippen LogP contribution in [0.5, 0.6) is 0 Å². The Bertz CT molecular complexity index is 1130. The average molecular weight is 560 g/mol. The van der Waals surface area contributed by atoms with Crippen molar-refractivity contribution in [2.24, 2.45) is 10.2 Å². The smallest absolute Gasteiger partial charge is 0.250 e. The summed E-state index contributed by atoms with van der Waals surface area (Å²) >= 11 is 15.2. The van der Waals surface area contributed by atoms with Gasteiger partial charge in [0.05, 0.1) is 23.9 Å². The van der Waals surface area contributed by atoms with Gasteiger partial charge in [-0.1, -0.05) is 83.9 Å². The highest BCUT2D eigenvalue weighted by Gasteiger charge is 2.04. The van der Waals surface area contributed by atoms with Crippen molar-refractivity contribution in [3.8, 4) is 0 Å². The molecule has 0 heterocycles. The van der Waals surface area contributed by atoms with Crippen LogP contribution in [0.15, 0.2) is 83.0 Å². The number of nitrogens with zero attached hydrogens (tertiary/aromatic N) is 2. The van der Waals surface area contributed by atoms with Crippen LogP contribution in [-0.2, 0) is 21.1 Å². The van der Waals surface area contributed by atoms with E-state index in [0.717, 1.165) is 22.3 Å². The number of hydrogen-bond acceptors (Lipinski definition) is 6. The van der Waals surface area contributed by atoms with Crippen LogP contribution >= 0.6 is 46.7 Å². The molecule has 0 saturated carbocycles. The van der Waals surface area contributed by atoms with Gasteiger partial charge in [0.2, 0.25) is 11.8 Å². The maximum atomic E-state index is 12.0. The fourth-order valence-corrected chi connectivity index (χ4v) is 5.04. The number of hydrazone groups is 2. The molecule has 0 aliphatic heterocycles. The lowest BCUT2D eigenvalue weighted by Gasteiger charge is -2.03. The molecular weight excluding hydrogens is 535 g/mol. The fraction of sp³-hybridized carbons (Fsp3) is 0.154. The number of rotatable bonds is 12. The monoisotopic (exact) mass is 558 g/mol. The number of hydrogen-bond donors (Lipinski definition) is 2. The van der Waals surface area contributed by atoms with Crippen molar-refractivity contribution in [3.63, 3.8) is 0 Å². The first-order chi connectivity index (χ1) is 17.5. The standard InChI is InChI=1S/C26H24Cl2N4O2S2/c27-23-7-3-1-5-21(23)15-35-17-25(33)31-29-13-19-9-11-20(12-10-19)14-30-32-26(34)18-36-16-22-6-2-4-8-24(22)28/h1-14H,15-18H2,(H,31,33)(H,32,34). The Balaban J connectivity index is 1.32. The van der Waals surface area contributed by atoms with E-state index in [9.17, 15) is 9.59 Å². The summed E-state index contributed by atoms with van der Waals surface area (Å²) in [5, 5.41) is 9.38. The van der Waals surface area contributed by atoms with Crippen molar-refractivity contribution < 1.29 is 9.59 Å². The van der Waals surface area contributed by atoms with Crippen LogP contribution < -0.4 is 10.9 Å². The molecular formula is C26H24Cl2N4O2S2. The zero-order valence-electron chi connectivity index (χ0n) is 19.2. The van der Waals surface area contributed by atoms with Crippen molar-refractivity contribution in [1.29, 1.82) is 0 Å². The highest BCUT2D eigenvalue weighted by Crippen LogP contribution is 2.21. The summed E-state index contributed by atoms with van der Waals surface area (Å²) in [7, 11) is 0. The number of benzene rings is 3. The largest absolute Gasteiger partial charge is 0.272 e. The summed E-state index contributed by atoms with van der Waals surface area (Å²) in [5.41, 5.74) is 8.66. The second kappa shape index (κ2) is 15.4. The van der Waals surface area contributed by atoms with E-state index in [1.165, 1.54) is 23.5 Å². The van der Waals surface area contributed by atoms with Gasteiger partial charge in [-0.2, -0.15) is 10.2 Å². The lowest BCUT2D eigenvalue weighted by atomic mass is 10.2. The molecule has 0 aromatic heterocycles. The van der Waals surface area contributed by atoms with Crippen molar-refractivity contribution in [3.05, 3.63) is 105 Å². The summed E-state index contributed by atoms with van der Waals surface area (Å²) in [4.78, 5) is 23.9. The highest BCUT2D eigenvalue weighted by molar-refractivity contribution is 7.99. The second-order valence-electron chi connectivity index (χ2n) is 7.42. The van der Waals surface area contributed by atoms with E-state index in [1.807, 2.05) is 72.8 Å². The van der Waals surface area contributed by atoms with Crippen molar-refractivity contribution >= 4 is 71.0 Å². The molecule has 2 amide bonds. The molecule has 0 fully saturated rings. The molecule has 3 aromatic rings. The minimum Gasteiger partial charge on any atom is -0.272 e. The van der Waals surface area contributed by atoms with E-state index < -0.39 is 0 Å². The van der Waals surface area contributed by atoms with E-state index in [1.54, 1.807) is 12.4 Å². The van der Waals surface area contributed by atoms with Gasteiger partial charge in [-0.05, 0) is 34.4 Å². The molecule has 10 heteroatoms. The number of carbonyl (C=O) groups excluding carboxylic acids is 2. The Morgan fingerprint density at radius 2 is 1.06 bits per heavy atom. The Labute approximate surface area is 228 Å². The van der Waals surface area contributed by atoms with Crippen molar-refractivity contribution in [2.75, 3.05) is 11.5 Å². The Morgan fingerprint density at radius 1 is 0.667 bits per heavy atom. The third-order valence-corrected chi connectivity index (χ3v) is 7.34. The van der Waals surface area contributed by atoms with Gasteiger partial charge in [0.25, 0.3) is 0 Å². The number of amides is 2. The molecule has 0 spiro atoms. The predicted octanol–water partition coefficient (Wildman–Crippen LogP) is 5.76. The number of halogens is 2. The van der Waals surface area contributed by atoms with Gasteiger partial charge in [-0.15, -0.1) is 23.5 Å². The summed E-state index contributed by atoms with van der Waals surface area (Å²) in [6.07, 6.45) is 3.13. The van der Waals surface area contributed by atoms with Gasteiger partial charge < -0.3 is 0 Å².